The smallest absolute Gasteiger partial charge is 0.346 e. The van der Waals surface area contributed by atoms with E-state index < -0.39 is 51.0 Å². The third-order valence-electron chi connectivity index (χ3n) is 3.78. The number of rotatable bonds is 13. The van der Waals surface area contributed by atoms with Gasteiger partial charge in [0.2, 0.25) is 0 Å². The molecule has 1 aromatic carbocycles. The minimum atomic E-state index is -4.00. The summed E-state index contributed by atoms with van der Waals surface area (Å²) in [5, 5.41) is 7.91. The quantitative estimate of drug-likeness (QED) is 0.327. The molecule has 10 heteroatoms. The van der Waals surface area contributed by atoms with Crippen LogP contribution in [0.5, 0.6) is 0 Å². The van der Waals surface area contributed by atoms with Gasteiger partial charge in [-0.05, 0) is 79.5 Å². The zero-order valence-electron chi connectivity index (χ0n) is 19.6. The molecule has 0 aliphatic heterocycles. The van der Waals surface area contributed by atoms with Crippen molar-refractivity contribution in [1.82, 2.24) is 0 Å². The first-order valence-corrected chi connectivity index (χ1v) is 13.7. The van der Waals surface area contributed by atoms with Crippen LogP contribution in [-0.4, -0.2) is 40.9 Å². The van der Waals surface area contributed by atoms with Gasteiger partial charge in [0, 0.05) is 0 Å². The van der Waals surface area contributed by atoms with Crippen molar-refractivity contribution in [2.24, 2.45) is 0 Å². The lowest BCUT2D eigenvalue weighted by molar-refractivity contribution is 0.0696. The van der Waals surface area contributed by atoms with Crippen LogP contribution in [0.3, 0.4) is 0 Å². The average Bonchev–Trinajstić information content (AvgIpc) is 2.56. The predicted octanol–water partition coefficient (Wildman–Crippen LogP) is 6.34. The lowest BCUT2D eigenvalue weighted by Gasteiger charge is -2.35. The number of carboxylic acids is 1. The third-order valence-corrected chi connectivity index (χ3v) is 10.2. The topological polar surface area (TPSA) is 108 Å². The van der Waals surface area contributed by atoms with Crippen molar-refractivity contribution in [2.75, 3.05) is 0 Å². The van der Waals surface area contributed by atoms with Crippen molar-refractivity contribution in [3.05, 3.63) is 35.4 Å². The maximum absolute atomic E-state index is 14.1. The molecule has 0 saturated heterocycles. The molecule has 8 nitrogen and oxygen atoms in total. The third kappa shape index (κ3) is 8.80. The van der Waals surface area contributed by atoms with E-state index in [0.29, 0.717) is 5.56 Å². The Labute approximate surface area is 185 Å². The van der Waals surface area contributed by atoms with Crippen LogP contribution >= 0.6 is 15.2 Å². The average molecular weight is 478 g/mol. The van der Waals surface area contributed by atoms with E-state index >= 15 is 0 Å². The Bertz CT molecular complexity index is 736. The highest BCUT2D eigenvalue weighted by Gasteiger charge is 2.52. The molecule has 0 amide bonds. The van der Waals surface area contributed by atoms with Gasteiger partial charge in [-0.3, -0.25) is 9.13 Å². The number of carboxylic acid groups (broad SMARTS) is 1. The van der Waals surface area contributed by atoms with Gasteiger partial charge in [0.05, 0.1) is 30.0 Å². The summed E-state index contributed by atoms with van der Waals surface area (Å²) >= 11 is 0. The lowest BCUT2D eigenvalue weighted by atomic mass is 10.1. The first-order chi connectivity index (χ1) is 14.2. The van der Waals surface area contributed by atoms with Crippen LogP contribution in [0.1, 0.15) is 71.3 Å². The van der Waals surface area contributed by atoms with Crippen LogP contribution in [-0.2, 0) is 33.6 Å². The fourth-order valence-electron chi connectivity index (χ4n) is 2.90. The highest BCUT2D eigenvalue weighted by atomic mass is 31.2. The Morgan fingerprint density at radius 2 is 1.06 bits per heavy atom. The maximum atomic E-state index is 14.1. The summed E-state index contributed by atoms with van der Waals surface area (Å²) in [7, 11) is -8.00. The predicted molar refractivity (Wildman–Crippen MR) is 121 cm³/mol. The summed E-state index contributed by atoms with van der Waals surface area (Å²) in [6.07, 6.45) is -1.87. The van der Waals surface area contributed by atoms with E-state index in [0.717, 1.165) is 0 Å². The van der Waals surface area contributed by atoms with Crippen LogP contribution in [0.4, 0.5) is 0 Å². The minimum Gasteiger partial charge on any atom is -0.478 e. The summed E-state index contributed by atoms with van der Waals surface area (Å²) in [5.74, 6) is -1.06. The highest BCUT2D eigenvalue weighted by molar-refractivity contribution is 7.72. The van der Waals surface area contributed by atoms with E-state index in [9.17, 15) is 13.9 Å². The van der Waals surface area contributed by atoms with E-state index in [4.69, 9.17) is 23.2 Å². The minimum absolute atomic E-state index is 0.00661. The van der Waals surface area contributed by atoms with Crippen LogP contribution < -0.4 is 0 Å². The largest absolute Gasteiger partial charge is 0.478 e. The van der Waals surface area contributed by atoms with Crippen LogP contribution in [0, 0.1) is 0 Å². The van der Waals surface area contributed by atoms with Gasteiger partial charge in [-0.1, -0.05) is 12.1 Å². The molecule has 0 fully saturated rings. The van der Waals surface area contributed by atoms with Gasteiger partial charge in [0.1, 0.15) is 0 Å². The molecule has 0 bridgehead atoms. The van der Waals surface area contributed by atoms with Gasteiger partial charge in [-0.2, -0.15) is 0 Å². The van der Waals surface area contributed by atoms with Crippen molar-refractivity contribution in [3.63, 3.8) is 0 Å². The molecular formula is C21H36O8P2. The van der Waals surface area contributed by atoms with Crippen LogP contribution in [0.2, 0.25) is 0 Å². The fraction of sp³-hybridized carbons (Fsp3) is 0.667. The Kier molecular flexibility index (Phi) is 10.6. The molecule has 0 spiro atoms. The van der Waals surface area contributed by atoms with Crippen molar-refractivity contribution in [3.8, 4) is 0 Å². The number of carbonyl (C=O) groups is 1. The van der Waals surface area contributed by atoms with Crippen molar-refractivity contribution in [2.45, 2.75) is 91.6 Å². The molecule has 0 atom stereocenters. The van der Waals surface area contributed by atoms with Gasteiger partial charge in [-0.15, -0.1) is 0 Å². The molecular weight excluding hydrogens is 442 g/mol. The zero-order valence-corrected chi connectivity index (χ0v) is 21.4. The maximum Gasteiger partial charge on any atom is 0.346 e. The highest BCUT2D eigenvalue weighted by Crippen LogP contribution is 2.72. The fourth-order valence-corrected chi connectivity index (χ4v) is 8.82. The van der Waals surface area contributed by atoms with Gasteiger partial charge in [-0.25, -0.2) is 4.79 Å². The van der Waals surface area contributed by atoms with E-state index in [1.54, 1.807) is 67.5 Å². The molecule has 178 valence electrons. The second-order valence-electron chi connectivity index (χ2n) is 8.38. The number of hydrogen-bond acceptors (Lipinski definition) is 7. The molecule has 0 heterocycles. The second kappa shape index (κ2) is 11.7. The second-order valence-corrected chi connectivity index (χ2v) is 13.0. The summed E-state index contributed by atoms with van der Waals surface area (Å²) in [5.41, 5.74) is 0.718. The number of aromatic carboxylic acids is 1. The molecule has 1 aromatic rings. The molecule has 0 radical (unpaired) electrons. The summed E-state index contributed by atoms with van der Waals surface area (Å²) < 4.78 is 51.2. The SMILES string of the molecule is CC(C)OP(=O)(OC(C)C)C(Cc1ccc(C(=O)O)cc1)P(=O)(OC(C)C)OC(C)C. The van der Waals surface area contributed by atoms with Crippen molar-refractivity contribution in [1.29, 1.82) is 0 Å². The molecule has 0 aromatic heterocycles. The monoisotopic (exact) mass is 478 g/mol. The van der Waals surface area contributed by atoms with E-state index in [1.807, 2.05) is 0 Å². The molecule has 1 N–H and O–H groups in total. The summed E-state index contributed by atoms with van der Waals surface area (Å²) in [4.78, 5) is 11.2. The molecule has 0 unspecified atom stereocenters. The molecule has 0 aliphatic rings. The van der Waals surface area contributed by atoms with E-state index in [2.05, 4.69) is 0 Å². The summed E-state index contributed by atoms with van der Waals surface area (Å²) in [6.45, 7) is 13.7. The van der Waals surface area contributed by atoms with Crippen LogP contribution in [0.15, 0.2) is 24.3 Å². The van der Waals surface area contributed by atoms with Crippen LogP contribution in [0.25, 0.3) is 0 Å². The number of hydrogen-bond donors (Lipinski definition) is 1. The Morgan fingerprint density at radius 3 is 1.32 bits per heavy atom. The Balaban J connectivity index is 3.58. The molecule has 0 saturated carbocycles. The first-order valence-electron chi connectivity index (χ1n) is 10.4. The Morgan fingerprint density at radius 1 is 0.742 bits per heavy atom. The molecule has 31 heavy (non-hydrogen) atoms. The molecule has 0 aliphatic carbocycles. The first kappa shape index (κ1) is 28.0. The van der Waals surface area contributed by atoms with Crippen molar-refractivity contribution >= 4 is 21.2 Å². The van der Waals surface area contributed by atoms with Crippen molar-refractivity contribution < 1.29 is 37.1 Å². The normalized spacial score (nSPS) is 13.2. The van der Waals surface area contributed by atoms with Gasteiger partial charge in [0.25, 0.3) is 0 Å². The number of benzene rings is 1. The molecule has 1 rings (SSSR count). The van der Waals surface area contributed by atoms with E-state index in [1.165, 1.54) is 12.1 Å². The van der Waals surface area contributed by atoms with Gasteiger partial charge >= 0.3 is 21.2 Å². The van der Waals surface area contributed by atoms with E-state index in [-0.39, 0.29) is 12.0 Å². The van der Waals surface area contributed by atoms with Gasteiger partial charge < -0.3 is 23.2 Å². The lowest BCUT2D eigenvalue weighted by Crippen LogP contribution is -2.25. The standard InChI is InChI=1S/C21H36O8P2/c1-14(2)26-30(24,27-15(3)4)20(31(25,28-16(5)6)29-17(7)8)13-18-9-11-19(12-10-18)21(22)23/h9-12,14-17,20H,13H2,1-8H3,(H,22,23). The summed E-state index contributed by atoms with van der Waals surface area (Å²) in [6, 6.07) is 6.04. The van der Waals surface area contributed by atoms with Gasteiger partial charge in [0.15, 0.2) is 5.40 Å². The Hall–Kier alpha value is -1.01. The zero-order chi connectivity index (χ0) is 24.0.